The van der Waals surface area contributed by atoms with Gasteiger partial charge in [0.25, 0.3) is 21.6 Å². The number of aromatic amines is 1. The molecule has 2 saturated heterocycles. The van der Waals surface area contributed by atoms with Gasteiger partial charge in [0.15, 0.2) is 0 Å². The molecule has 4 N–H and O–H groups in total. The van der Waals surface area contributed by atoms with Crippen LogP contribution in [-0.2, 0) is 10.0 Å². The number of aliphatic hydroxyl groups is 1. The van der Waals surface area contributed by atoms with Gasteiger partial charge in [-0.2, -0.15) is 4.98 Å². The molecule has 68 heavy (non-hydrogen) atoms. The van der Waals surface area contributed by atoms with Crippen LogP contribution in [0.25, 0.3) is 11.0 Å². The van der Waals surface area contributed by atoms with Crippen molar-refractivity contribution in [3.63, 3.8) is 0 Å². The van der Waals surface area contributed by atoms with Gasteiger partial charge in [0.05, 0.1) is 27.1 Å². The van der Waals surface area contributed by atoms with Gasteiger partial charge in [-0.3, -0.25) is 19.8 Å². The van der Waals surface area contributed by atoms with Gasteiger partial charge in [-0.1, -0.05) is 57.9 Å². The van der Waals surface area contributed by atoms with Crippen LogP contribution in [0.15, 0.2) is 83.9 Å². The summed E-state index contributed by atoms with van der Waals surface area (Å²) in [6.07, 6.45) is 12.1. The van der Waals surface area contributed by atoms with Crippen LogP contribution >= 0.6 is 0 Å². The fraction of sp³-hybridized carbons (Fsp3) is 0.500. The summed E-state index contributed by atoms with van der Waals surface area (Å²) in [6.45, 7) is 12.2. The molecule has 9 rings (SSSR count). The number of piperidine rings is 1. The van der Waals surface area contributed by atoms with Crippen LogP contribution < -0.4 is 24.6 Å². The second kappa shape index (κ2) is 19.7. The topological polar surface area (TPSA) is 186 Å². The highest BCUT2D eigenvalue weighted by atomic mass is 32.2. The number of amides is 1. The minimum absolute atomic E-state index is 0.00164. The van der Waals surface area contributed by atoms with Crippen molar-refractivity contribution in [2.45, 2.75) is 121 Å². The molecule has 1 unspecified atom stereocenters. The Hall–Kier alpha value is -5.71. The molecule has 15 nitrogen and oxygen atoms in total. The lowest BCUT2D eigenvalue weighted by molar-refractivity contribution is -0.384. The molecule has 2 aromatic heterocycles. The number of nitrogens with zero attached hydrogens (tertiary/aromatic N) is 5. The molecule has 3 aromatic carbocycles. The summed E-state index contributed by atoms with van der Waals surface area (Å²) < 4.78 is 36.4. The summed E-state index contributed by atoms with van der Waals surface area (Å²) in [7, 11) is -4.59. The van der Waals surface area contributed by atoms with E-state index in [1.165, 1.54) is 48.9 Å². The van der Waals surface area contributed by atoms with E-state index >= 15 is 0 Å². The Bertz CT molecular complexity index is 2740. The Morgan fingerprint density at radius 3 is 2.57 bits per heavy atom. The molecule has 4 aliphatic rings. The van der Waals surface area contributed by atoms with Gasteiger partial charge in [0, 0.05) is 61.7 Å². The number of nitrogens with one attached hydrogen (secondary N) is 3. The van der Waals surface area contributed by atoms with E-state index in [4.69, 9.17) is 9.72 Å². The summed E-state index contributed by atoms with van der Waals surface area (Å²) in [5.41, 5.74) is 5.85. The van der Waals surface area contributed by atoms with Gasteiger partial charge in [-0.05, 0) is 136 Å². The number of aromatic nitrogens is 2. The fourth-order valence-electron chi connectivity index (χ4n) is 11.4. The van der Waals surface area contributed by atoms with Crippen molar-refractivity contribution in [1.82, 2.24) is 19.6 Å². The number of unbranched alkanes of at least 4 members (excludes halogenated alkanes) is 1. The summed E-state index contributed by atoms with van der Waals surface area (Å²) in [6, 6.07) is 22.8. The van der Waals surface area contributed by atoms with E-state index < -0.39 is 31.4 Å². The smallest absolute Gasteiger partial charge is 0.293 e. The number of benzene rings is 3. The molecular formula is C52H66N8O7S. The lowest BCUT2D eigenvalue weighted by Crippen LogP contribution is -2.55. The lowest BCUT2D eigenvalue weighted by atomic mass is 9.59. The zero-order valence-electron chi connectivity index (χ0n) is 39.7. The van der Waals surface area contributed by atoms with Crippen LogP contribution in [0.5, 0.6) is 5.88 Å². The van der Waals surface area contributed by atoms with Gasteiger partial charge in [0.1, 0.15) is 23.6 Å². The monoisotopic (exact) mass is 946 g/mol. The number of ether oxygens (including phenoxy) is 1. The highest BCUT2D eigenvalue weighted by Crippen LogP contribution is 2.54. The molecule has 1 saturated carbocycles. The van der Waals surface area contributed by atoms with Gasteiger partial charge in [-0.15, -0.1) is 0 Å². The minimum atomic E-state index is -4.59. The summed E-state index contributed by atoms with van der Waals surface area (Å²) in [4.78, 5) is 40.8. The standard InChI is InChI=1S/C52H66N8O7S/c1-5-6-10-36(19-26-61)32-54-44-17-15-40(29-47(44)60(63)64)68(65,66)56-50(62)43-16-14-38(28-46(43)59-35(4)33-67-51-48(59)27-37-18-22-53-49(37)55-51)57-24-20-52(21-25-57)30-39(31-52)58-23-9-13-45(58)42-12-8-7-11-41(42)34(2)3/h7-8,11-12,14-18,22,27-29,34-36,39,45,54,61H,5-6,9-10,13,19-21,23-26,30-33H2,1-4H3,(H,53,55)(H,56,62)/t35?,36-,45+/m1/s1. The van der Waals surface area contributed by atoms with E-state index in [2.05, 4.69) is 69.9 Å². The SMILES string of the molecule is CCCC[C@H](CCO)CNc1ccc(S(=O)(=O)NC(=O)c2ccc(N3CCC4(CC3)CC(N3CCC[C@H]3c3ccccc3C(C)C)C4)cc2N2c3cc4cc[nH]c4nc3OCC2C)cc1[N+](=O)[O-]. The predicted octanol–water partition coefficient (Wildman–Crippen LogP) is 9.82. The summed E-state index contributed by atoms with van der Waals surface area (Å²) >= 11 is 0. The summed E-state index contributed by atoms with van der Waals surface area (Å²) in [5.74, 6) is 0.0990. The largest absolute Gasteiger partial charge is 0.474 e. The van der Waals surface area contributed by atoms with Crippen molar-refractivity contribution >= 4 is 55.4 Å². The summed E-state index contributed by atoms with van der Waals surface area (Å²) in [5, 5.41) is 25.8. The lowest BCUT2D eigenvalue weighted by Gasteiger charge is -2.56. The zero-order valence-corrected chi connectivity index (χ0v) is 40.6. The van der Waals surface area contributed by atoms with E-state index in [-0.39, 0.29) is 36.4 Å². The maximum atomic E-state index is 14.5. The molecule has 5 aromatic rings. The average molecular weight is 947 g/mol. The number of sulfonamides is 1. The minimum Gasteiger partial charge on any atom is -0.474 e. The molecule has 0 radical (unpaired) electrons. The van der Waals surface area contributed by atoms with Crippen LogP contribution in [0.3, 0.4) is 0 Å². The average Bonchev–Trinajstić information content (AvgIpc) is 4.00. The Morgan fingerprint density at radius 1 is 1.03 bits per heavy atom. The predicted molar refractivity (Wildman–Crippen MR) is 267 cm³/mol. The van der Waals surface area contributed by atoms with Crippen LogP contribution in [0.2, 0.25) is 0 Å². The number of pyridine rings is 1. The number of hydrogen-bond donors (Lipinski definition) is 4. The number of nitro groups is 1. The number of fused-ring (bicyclic) bond motifs is 2. The number of carbonyl (C=O) groups excluding carboxylic acids is 1. The molecule has 0 bridgehead atoms. The number of anilines is 4. The molecule has 5 heterocycles. The highest BCUT2D eigenvalue weighted by Gasteiger charge is 2.50. The quantitative estimate of drug-likeness (QED) is 0.0512. The Kier molecular flexibility index (Phi) is 13.7. The number of nitro benzene ring substituents is 1. The molecule has 3 fully saturated rings. The van der Waals surface area contributed by atoms with E-state index in [0.29, 0.717) is 59.3 Å². The van der Waals surface area contributed by atoms with Crippen LogP contribution in [0, 0.1) is 21.4 Å². The normalized spacial score (nSPS) is 20.0. The zero-order chi connectivity index (χ0) is 47.7. The molecule has 1 spiro atoms. The second-order valence-corrected chi connectivity index (χ2v) is 21.6. The number of carbonyl (C=O) groups is 1. The second-order valence-electron chi connectivity index (χ2n) is 20.0. The number of H-pyrrole nitrogens is 1. The molecule has 3 atom stereocenters. The first kappa shape index (κ1) is 47.4. The third kappa shape index (κ3) is 9.51. The highest BCUT2D eigenvalue weighted by molar-refractivity contribution is 7.90. The molecular weight excluding hydrogens is 881 g/mol. The molecule has 362 valence electrons. The molecule has 1 amide bonds. The molecule has 16 heteroatoms. The van der Waals surface area contributed by atoms with Crippen molar-refractivity contribution in [2.24, 2.45) is 11.3 Å². The van der Waals surface area contributed by atoms with E-state index in [1.54, 1.807) is 12.3 Å². The first-order chi connectivity index (χ1) is 32.8. The van der Waals surface area contributed by atoms with Gasteiger partial charge in [-0.25, -0.2) is 13.1 Å². The first-order valence-electron chi connectivity index (χ1n) is 24.6. The van der Waals surface area contributed by atoms with Crippen LogP contribution in [0.4, 0.5) is 28.4 Å². The number of likely N-dealkylation sites (tertiary alicyclic amines) is 1. The van der Waals surface area contributed by atoms with Crippen molar-refractivity contribution in [2.75, 3.05) is 54.5 Å². The van der Waals surface area contributed by atoms with Crippen LogP contribution in [-0.4, -0.2) is 90.7 Å². The van der Waals surface area contributed by atoms with E-state index in [1.807, 2.05) is 36.1 Å². The van der Waals surface area contributed by atoms with Gasteiger partial charge < -0.3 is 29.9 Å². The van der Waals surface area contributed by atoms with Crippen molar-refractivity contribution in [1.29, 1.82) is 0 Å². The third-order valence-electron chi connectivity index (χ3n) is 15.2. The maximum Gasteiger partial charge on any atom is 0.293 e. The Morgan fingerprint density at radius 2 is 1.82 bits per heavy atom. The van der Waals surface area contributed by atoms with Crippen molar-refractivity contribution in [3.8, 4) is 5.88 Å². The number of rotatable bonds is 17. The molecule has 3 aliphatic heterocycles. The number of aliphatic hydroxyl groups excluding tert-OH is 1. The van der Waals surface area contributed by atoms with E-state index in [9.17, 15) is 28.4 Å². The van der Waals surface area contributed by atoms with Gasteiger partial charge >= 0.3 is 0 Å². The van der Waals surface area contributed by atoms with Gasteiger partial charge in [0.2, 0.25) is 5.88 Å². The van der Waals surface area contributed by atoms with Crippen molar-refractivity contribution in [3.05, 3.63) is 106 Å². The fourth-order valence-corrected chi connectivity index (χ4v) is 12.4. The van der Waals surface area contributed by atoms with Crippen LogP contribution in [0.1, 0.15) is 125 Å². The maximum absolute atomic E-state index is 14.5. The molecule has 1 aliphatic carbocycles. The number of hydrogen-bond acceptors (Lipinski definition) is 12. The van der Waals surface area contributed by atoms with E-state index in [0.717, 1.165) is 68.9 Å². The Balaban J connectivity index is 0.959. The first-order valence-corrected chi connectivity index (χ1v) is 26.1. The van der Waals surface area contributed by atoms with Crippen molar-refractivity contribution < 1.29 is 28.0 Å². The Labute approximate surface area is 399 Å². The third-order valence-corrected chi connectivity index (χ3v) is 16.5.